The minimum absolute atomic E-state index is 0.0588. The second-order valence-electron chi connectivity index (χ2n) is 5.28. The molecule has 0 atom stereocenters. The minimum atomic E-state index is 0.0588. The average molecular weight is 293 g/mol. The zero-order chi connectivity index (χ0) is 15.5. The van der Waals surface area contributed by atoms with Gasteiger partial charge in [-0.25, -0.2) is 0 Å². The number of rotatable bonds is 10. The molecule has 0 fully saturated rings. The topological polar surface area (TPSA) is 53.6 Å². The van der Waals surface area contributed by atoms with Crippen LogP contribution in [0.4, 0.5) is 0 Å². The van der Waals surface area contributed by atoms with Crippen LogP contribution in [0.5, 0.6) is 5.75 Å². The van der Waals surface area contributed by atoms with E-state index < -0.39 is 0 Å². The van der Waals surface area contributed by atoms with Crippen LogP contribution in [0.25, 0.3) is 0 Å². The number of ether oxygens (including phenoxy) is 1. The largest absolute Gasteiger partial charge is 0.497 e. The van der Waals surface area contributed by atoms with Crippen molar-refractivity contribution >= 4 is 5.91 Å². The van der Waals surface area contributed by atoms with Crippen molar-refractivity contribution < 1.29 is 9.53 Å². The number of amides is 1. The molecule has 0 saturated heterocycles. The van der Waals surface area contributed by atoms with Gasteiger partial charge in [-0.3, -0.25) is 4.79 Å². The number of nitrogens with one attached hydrogen (secondary N) is 2. The van der Waals surface area contributed by atoms with Gasteiger partial charge in [0.05, 0.1) is 13.7 Å². The number of hydrogen-bond acceptors (Lipinski definition) is 4. The zero-order valence-electron chi connectivity index (χ0n) is 13.3. The highest BCUT2D eigenvalue weighted by atomic mass is 16.5. The van der Waals surface area contributed by atoms with Crippen LogP contribution >= 0.6 is 0 Å². The molecule has 5 nitrogen and oxygen atoms in total. The molecule has 21 heavy (non-hydrogen) atoms. The van der Waals surface area contributed by atoms with Crippen molar-refractivity contribution in [2.75, 3.05) is 47.4 Å². The molecule has 1 aromatic carbocycles. The fourth-order valence-corrected chi connectivity index (χ4v) is 1.91. The molecule has 0 aromatic heterocycles. The highest BCUT2D eigenvalue weighted by Crippen LogP contribution is 2.11. The van der Waals surface area contributed by atoms with Gasteiger partial charge in [-0.1, -0.05) is 12.1 Å². The van der Waals surface area contributed by atoms with E-state index in [1.807, 2.05) is 38.4 Å². The van der Waals surface area contributed by atoms with Crippen LogP contribution in [0, 0.1) is 0 Å². The summed E-state index contributed by atoms with van der Waals surface area (Å²) in [6.07, 6.45) is 1.88. The van der Waals surface area contributed by atoms with Crippen molar-refractivity contribution in [3.05, 3.63) is 29.8 Å². The molecule has 0 spiro atoms. The second kappa shape index (κ2) is 10.2. The van der Waals surface area contributed by atoms with Crippen molar-refractivity contribution in [3.8, 4) is 5.75 Å². The van der Waals surface area contributed by atoms with Gasteiger partial charge in [0.15, 0.2) is 0 Å². The first kappa shape index (κ1) is 17.5. The van der Waals surface area contributed by atoms with E-state index in [0.29, 0.717) is 6.54 Å². The lowest BCUT2D eigenvalue weighted by atomic mass is 10.1. The maximum atomic E-state index is 11.6. The Morgan fingerprint density at radius 1 is 1.19 bits per heavy atom. The Bertz CT molecular complexity index is 404. The number of methoxy groups -OCH3 is 1. The minimum Gasteiger partial charge on any atom is -0.497 e. The van der Waals surface area contributed by atoms with Crippen LogP contribution in [-0.2, 0) is 11.2 Å². The Labute approximate surface area is 127 Å². The number of carbonyl (C=O) groups excluding carboxylic acids is 1. The molecule has 0 heterocycles. The fraction of sp³-hybridized carbons (Fsp3) is 0.562. The first-order valence-electron chi connectivity index (χ1n) is 7.37. The molecule has 0 aliphatic carbocycles. The van der Waals surface area contributed by atoms with Gasteiger partial charge >= 0.3 is 0 Å². The maximum absolute atomic E-state index is 11.6. The van der Waals surface area contributed by atoms with Crippen LogP contribution in [0.1, 0.15) is 12.0 Å². The molecule has 1 aromatic rings. The molecule has 0 bridgehead atoms. The second-order valence-corrected chi connectivity index (χ2v) is 5.28. The van der Waals surface area contributed by atoms with Gasteiger partial charge < -0.3 is 20.3 Å². The Kier molecular flexibility index (Phi) is 8.47. The highest BCUT2D eigenvalue weighted by molar-refractivity contribution is 5.77. The van der Waals surface area contributed by atoms with E-state index in [0.717, 1.165) is 38.2 Å². The lowest BCUT2D eigenvalue weighted by Crippen LogP contribution is -2.35. The molecule has 0 aliphatic rings. The summed E-state index contributed by atoms with van der Waals surface area (Å²) in [6.45, 7) is 2.89. The zero-order valence-corrected chi connectivity index (χ0v) is 13.3. The number of hydrogen-bond donors (Lipinski definition) is 2. The standard InChI is InChI=1S/C16H27N3O2/c1-19(2)12-4-10-18-16(20)13-17-11-9-14-5-7-15(21-3)8-6-14/h5-8,17H,4,9-13H2,1-3H3,(H,18,20). The predicted molar refractivity (Wildman–Crippen MR) is 85.7 cm³/mol. The van der Waals surface area contributed by atoms with Gasteiger partial charge in [-0.15, -0.1) is 0 Å². The number of carbonyl (C=O) groups is 1. The van der Waals surface area contributed by atoms with Gasteiger partial charge in [-0.05, 0) is 57.7 Å². The molecule has 0 saturated carbocycles. The third-order valence-electron chi connectivity index (χ3n) is 3.14. The Hall–Kier alpha value is -1.59. The average Bonchev–Trinajstić information content (AvgIpc) is 2.48. The number of nitrogens with zero attached hydrogens (tertiary/aromatic N) is 1. The van der Waals surface area contributed by atoms with E-state index in [-0.39, 0.29) is 5.91 Å². The van der Waals surface area contributed by atoms with Gasteiger partial charge in [0.2, 0.25) is 5.91 Å². The molecular formula is C16H27N3O2. The van der Waals surface area contributed by atoms with E-state index in [9.17, 15) is 4.79 Å². The molecule has 118 valence electrons. The highest BCUT2D eigenvalue weighted by Gasteiger charge is 2.00. The lowest BCUT2D eigenvalue weighted by Gasteiger charge is -2.10. The first-order valence-corrected chi connectivity index (χ1v) is 7.37. The molecule has 0 radical (unpaired) electrons. The van der Waals surface area contributed by atoms with Gasteiger partial charge in [-0.2, -0.15) is 0 Å². The molecule has 5 heteroatoms. The lowest BCUT2D eigenvalue weighted by molar-refractivity contribution is -0.120. The Balaban J connectivity index is 2.06. The summed E-state index contributed by atoms with van der Waals surface area (Å²) in [5.74, 6) is 0.923. The fourth-order valence-electron chi connectivity index (χ4n) is 1.91. The summed E-state index contributed by atoms with van der Waals surface area (Å²) in [7, 11) is 5.72. The van der Waals surface area contributed by atoms with E-state index in [1.165, 1.54) is 5.56 Å². The SMILES string of the molecule is COc1ccc(CCNCC(=O)NCCCN(C)C)cc1. The van der Waals surface area contributed by atoms with Crippen LogP contribution in [0.2, 0.25) is 0 Å². The van der Waals surface area contributed by atoms with E-state index >= 15 is 0 Å². The molecular weight excluding hydrogens is 266 g/mol. The summed E-state index contributed by atoms with van der Waals surface area (Å²) >= 11 is 0. The van der Waals surface area contributed by atoms with Gasteiger partial charge in [0.25, 0.3) is 0 Å². The van der Waals surface area contributed by atoms with Crippen molar-refractivity contribution in [1.29, 1.82) is 0 Å². The van der Waals surface area contributed by atoms with E-state index in [2.05, 4.69) is 15.5 Å². The molecule has 0 unspecified atom stereocenters. The van der Waals surface area contributed by atoms with Crippen LogP contribution in [0.15, 0.2) is 24.3 Å². The maximum Gasteiger partial charge on any atom is 0.233 e. The van der Waals surface area contributed by atoms with Gasteiger partial charge in [0.1, 0.15) is 5.75 Å². The predicted octanol–water partition coefficient (Wildman–Crippen LogP) is 0.895. The first-order chi connectivity index (χ1) is 10.1. The van der Waals surface area contributed by atoms with E-state index in [4.69, 9.17) is 4.74 Å². The van der Waals surface area contributed by atoms with Crippen molar-refractivity contribution in [3.63, 3.8) is 0 Å². The molecule has 2 N–H and O–H groups in total. The normalized spacial score (nSPS) is 10.7. The van der Waals surface area contributed by atoms with Crippen molar-refractivity contribution in [2.24, 2.45) is 0 Å². The Morgan fingerprint density at radius 2 is 1.90 bits per heavy atom. The molecule has 1 amide bonds. The molecule has 0 aliphatic heterocycles. The quantitative estimate of drug-likeness (QED) is 0.629. The Morgan fingerprint density at radius 3 is 2.52 bits per heavy atom. The van der Waals surface area contributed by atoms with Crippen LogP contribution in [0.3, 0.4) is 0 Å². The summed E-state index contributed by atoms with van der Waals surface area (Å²) in [6, 6.07) is 7.99. The summed E-state index contributed by atoms with van der Waals surface area (Å²) < 4.78 is 5.12. The van der Waals surface area contributed by atoms with Gasteiger partial charge in [0, 0.05) is 6.54 Å². The number of benzene rings is 1. The van der Waals surface area contributed by atoms with E-state index in [1.54, 1.807) is 7.11 Å². The smallest absolute Gasteiger partial charge is 0.233 e. The third kappa shape index (κ3) is 8.32. The molecule has 1 rings (SSSR count). The monoisotopic (exact) mass is 293 g/mol. The summed E-state index contributed by atoms with van der Waals surface area (Å²) in [4.78, 5) is 13.7. The third-order valence-corrected chi connectivity index (χ3v) is 3.14. The van der Waals surface area contributed by atoms with Crippen LogP contribution < -0.4 is 15.4 Å². The van der Waals surface area contributed by atoms with Crippen LogP contribution in [-0.4, -0.2) is 58.2 Å². The van der Waals surface area contributed by atoms with Crippen molar-refractivity contribution in [2.45, 2.75) is 12.8 Å². The summed E-state index contributed by atoms with van der Waals surface area (Å²) in [5, 5.41) is 6.07. The summed E-state index contributed by atoms with van der Waals surface area (Å²) in [5.41, 5.74) is 1.23. The van der Waals surface area contributed by atoms with Crippen molar-refractivity contribution in [1.82, 2.24) is 15.5 Å².